The number of hydrogen-bond donors (Lipinski definition) is 1. The summed E-state index contributed by atoms with van der Waals surface area (Å²) in [5.74, 6) is 0. The molecule has 106 valence electrons. The molecule has 3 heteroatoms. The van der Waals surface area contributed by atoms with Crippen LogP contribution in [0, 0.1) is 0 Å². The maximum absolute atomic E-state index is 6.11. The number of ether oxygens (including phenoxy) is 1. The summed E-state index contributed by atoms with van der Waals surface area (Å²) in [4.78, 5) is 2.44. The highest BCUT2D eigenvalue weighted by Gasteiger charge is 2.23. The van der Waals surface area contributed by atoms with E-state index >= 15 is 0 Å². The first-order chi connectivity index (χ1) is 9.10. The minimum atomic E-state index is 0.247. The summed E-state index contributed by atoms with van der Waals surface area (Å²) in [6.07, 6.45) is 2.55. The van der Waals surface area contributed by atoms with Gasteiger partial charge in [-0.2, -0.15) is 0 Å². The highest BCUT2D eigenvalue weighted by Crippen LogP contribution is 2.25. The molecule has 0 amide bonds. The Bertz CT molecular complexity index is 397. The zero-order valence-corrected chi connectivity index (χ0v) is 12.3. The van der Waals surface area contributed by atoms with Crippen molar-refractivity contribution in [2.75, 3.05) is 18.0 Å². The Morgan fingerprint density at radius 3 is 2.53 bits per heavy atom. The SMILES string of the molecule is CCC(N)Cc1ccccc1N1CC(C)OC(C)C1. The standard InChI is InChI=1S/C16H26N2O/c1-4-15(17)9-14-7-5-6-8-16(14)18-10-12(2)19-13(3)11-18/h5-8,12-13,15H,4,9-11,17H2,1-3H3. The largest absolute Gasteiger partial charge is 0.372 e. The highest BCUT2D eigenvalue weighted by molar-refractivity contribution is 5.54. The van der Waals surface area contributed by atoms with E-state index < -0.39 is 0 Å². The van der Waals surface area contributed by atoms with Gasteiger partial charge in [0.2, 0.25) is 0 Å². The molecule has 1 aromatic carbocycles. The molecule has 1 fully saturated rings. The fourth-order valence-corrected chi connectivity index (χ4v) is 2.79. The molecule has 3 nitrogen and oxygen atoms in total. The predicted molar refractivity (Wildman–Crippen MR) is 80.6 cm³/mol. The number of benzene rings is 1. The molecule has 1 aliphatic heterocycles. The van der Waals surface area contributed by atoms with Crippen LogP contribution in [0.25, 0.3) is 0 Å². The quantitative estimate of drug-likeness (QED) is 0.906. The topological polar surface area (TPSA) is 38.5 Å². The number of nitrogens with zero attached hydrogens (tertiary/aromatic N) is 1. The Labute approximate surface area is 116 Å². The fourth-order valence-electron chi connectivity index (χ4n) is 2.79. The average molecular weight is 262 g/mol. The Morgan fingerprint density at radius 1 is 1.26 bits per heavy atom. The number of hydrogen-bond acceptors (Lipinski definition) is 3. The number of nitrogens with two attached hydrogens (primary N) is 1. The van der Waals surface area contributed by atoms with Crippen molar-refractivity contribution in [3.05, 3.63) is 29.8 Å². The van der Waals surface area contributed by atoms with E-state index in [0.29, 0.717) is 0 Å². The molecule has 0 spiro atoms. The van der Waals surface area contributed by atoms with Crippen LogP contribution in [0.15, 0.2) is 24.3 Å². The third-order valence-corrected chi connectivity index (χ3v) is 3.76. The third kappa shape index (κ3) is 3.71. The van der Waals surface area contributed by atoms with Gasteiger partial charge in [0, 0.05) is 24.8 Å². The maximum atomic E-state index is 6.11. The van der Waals surface area contributed by atoms with Gasteiger partial charge in [-0.3, -0.25) is 0 Å². The Balaban J connectivity index is 2.18. The van der Waals surface area contributed by atoms with Crippen LogP contribution >= 0.6 is 0 Å². The first kappa shape index (κ1) is 14.4. The number of anilines is 1. The van der Waals surface area contributed by atoms with E-state index in [4.69, 9.17) is 10.5 Å². The lowest BCUT2D eigenvalue weighted by molar-refractivity contribution is -0.00526. The molecule has 1 heterocycles. The number of rotatable bonds is 4. The van der Waals surface area contributed by atoms with E-state index in [1.165, 1.54) is 11.3 Å². The van der Waals surface area contributed by atoms with Crippen molar-refractivity contribution in [2.45, 2.75) is 51.9 Å². The highest BCUT2D eigenvalue weighted by atomic mass is 16.5. The molecule has 1 saturated heterocycles. The van der Waals surface area contributed by atoms with Crippen LogP contribution in [-0.4, -0.2) is 31.3 Å². The molecule has 19 heavy (non-hydrogen) atoms. The van der Waals surface area contributed by atoms with E-state index in [1.54, 1.807) is 0 Å². The molecular weight excluding hydrogens is 236 g/mol. The Morgan fingerprint density at radius 2 is 1.89 bits per heavy atom. The third-order valence-electron chi connectivity index (χ3n) is 3.76. The van der Waals surface area contributed by atoms with E-state index in [9.17, 15) is 0 Å². The summed E-state index contributed by atoms with van der Waals surface area (Å²) < 4.78 is 5.81. The van der Waals surface area contributed by atoms with E-state index in [1.807, 2.05) is 0 Å². The van der Waals surface area contributed by atoms with Crippen LogP contribution in [0.3, 0.4) is 0 Å². The molecule has 0 bridgehead atoms. The zero-order chi connectivity index (χ0) is 13.8. The number of morpholine rings is 1. The van der Waals surface area contributed by atoms with Crippen molar-refractivity contribution >= 4 is 5.69 Å². The van der Waals surface area contributed by atoms with Crippen LogP contribution in [0.1, 0.15) is 32.8 Å². The van der Waals surface area contributed by atoms with Gasteiger partial charge in [-0.05, 0) is 38.3 Å². The van der Waals surface area contributed by atoms with Crippen molar-refractivity contribution in [1.82, 2.24) is 0 Å². The second kappa shape index (κ2) is 6.40. The van der Waals surface area contributed by atoms with Gasteiger partial charge in [0.25, 0.3) is 0 Å². The molecule has 0 aromatic heterocycles. The Hall–Kier alpha value is -1.06. The van der Waals surface area contributed by atoms with E-state index in [2.05, 4.69) is 49.9 Å². The van der Waals surface area contributed by atoms with Crippen LogP contribution in [0.4, 0.5) is 5.69 Å². The van der Waals surface area contributed by atoms with Gasteiger partial charge in [0.05, 0.1) is 12.2 Å². The first-order valence-electron chi connectivity index (χ1n) is 7.34. The van der Waals surface area contributed by atoms with Crippen molar-refractivity contribution in [2.24, 2.45) is 5.73 Å². The zero-order valence-electron chi connectivity index (χ0n) is 12.3. The van der Waals surface area contributed by atoms with Crippen molar-refractivity contribution < 1.29 is 4.74 Å². The monoisotopic (exact) mass is 262 g/mol. The summed E-state index contributed by atoms with van der Waals surface area (Å²) >= 11 is 0. The second-order valence-corrected chi connectivity index (χ2v) is 5.66. The summed E-state index contributed by atoms with van der Waals surface area (Å²) in [7, 11) is 0. The van der Waals surface area contributed by atoms with Crippen molar-refractivity contribution in [1.29, 1.82) is 0 Å². The first-order valence-corrected chi connectivity index (χ1v) is 7.34. The molecule has 3 atom stereocenters. The predicted octanol–water partition coefficient (Wildman–Crippen LogP) is 2.58. The lowest BCUT2D eigenvalue weighted by Gasteiger charge is -2.38. The lowest BCUT2D eigenvalue weighted by Crippen LogP contribution is -2.46. The lowest BCUT2D eigenvalue weighted by atomic mass is 10.0. The van der Waals surface area contributed by atoms with Gasteiger partial charge in [-0.25, -0.2) is 0 Å². The minimum Gasteiger partial charge on any atom is -0.372 e. The summed E-state index contributed by atoms with van der Waals surface area (Å²) in [5.41, 5.74) is 8.80. The molecular formula is C16H26N2O. The summed E-state index contributed by atoms with van der Waals surface area (Å²) in [6.45, 7) is 8.35. The van der Waals surface area contributed by atoms with Gasteiger partial charge in [0.15, 0.2) is 0 Å². The van der Waals surface area contributed by atoms with Gasteiger partial charge >= 0.3 is 0 Å². The molecule has 1 aromatic rings. The minimum absolute atomic E-state index is 0.247. The van der Waals surface area contributed by atoms with E-state index in [0.717, 1.165) is 25.9 Å². The average Bonchev–Trinajstić information content (AvgIpc) is 2.38. The second-order valence-electron chi connectivity index (χ2n) is 5.66. The molecule has 2 rings (SSSR count). The normalized spacial score (nSPS) is 25.4. The van der Waals surface area contributed by atoms with E-state index in [-0.39, 0.29) is 18.2 Å². The summed E-state index contributed by atoms with van der Waals surface area (Å²) in [5, 5.41) is 0. The van der Waals surface area contributed by atoms with Crippen LogP contribution < -0.4 is 10.6 Å². The van der Waals surface area contributed by atoms with Crippen molar-refractivity contribution in [3.8, 4) is 0 Å². The van der Waals surface area contributed by atoms with Gasteiger partial charge in [-0.15, -0.1) is 0 Å². The summed E-state index contributed by atoms with van der Waals surface area (Å²) in [6, 6.07) is 8.88. The van der Waals surface area contributed by atoms with Crippen LogP contribution in [-0.2, 0) is 11.2 Å². The molecule has 2 N–H and O–H groups in total. The Kier molecular flexibility index (Phi) is 4.83. The van der Waals surface area contributed by atoms with Gasteiger partial charge < -0.3 is 15.4 Å². The molecule has 0 saturated carbocycles. The molecule has 0 radical (unpaired) electrons. The molecule has 3 unspecified atom stereocenters. The van der Waals surface area contributed by atoms with Gasteiger partial charge in [0.1, 0.15) is 0 Å². The van der Waals surface area contributed by atoms with Crippen LogP contribution in [0.5, 0.6) is 0 Å². The van der Waals surface area contributed by atoms with Crippen LogP contribution in [0.2, 0.25) is 0 Å². The van der Waals surface area contributed by atoms with Gasteiger partial charge in [-0.1, -0.05) is 25.1 Å². The maximum Gasteiger partial charge on any atom is 0.0726 e. The van der Waals surface area contributed by atoms with Crippen molar-refractivity contribution in [3.63, 3.8) is 0 Å². The molecule has 1 aliphatic rings. The number of para-hydroxylation sites is 1. The smallest absolute Gasteiger partial charge is 0.0726 e. The molecule has 0 aliphatic carbocycles. The fraction of sp³-hybridized carbons (Fsp3) is 0.625.